The van der Waals surface area contributed by atoms with Crippen LogP contribution in [0, 0.1) is 0 Å². The Kier molecular flexibility index (Phi) is 3.66. The largest absolute Gasteiger partial charge is 0.366 e. The van der Waals surface area contributed by atoms with Crippen LogP contribution in [0.1, 0.15) is 46.8 Å². The monoisotopic (exact) mass is 386 g/mol. The molecule has 140 valence electrons. The number of nitrogens with one attached hydrogen (secondary N) is 1. The Hall–Kier alpha value is -2.58. The van der Waals surface area contributed by atoms with Crippen LogP contribution >= 0.6 is 11.6 Å². The number of amidine groups is 1. The molecule has 1 aromatic heterocycles. The number of fused-ring (bicyclic) bond motifs is 5. The van der Waals surface area contributed by atoms with E-state index in [2.05, 4.69) is 15.3 Å². The summed E-state index contributed by atoms with van der Waals surface area (Å²) in [6, 6.07) is 5.92. The van der Waals surface area contributed by atoms with Gasteiger partial charge in [-0.2, -0.15) is 0 Å². The molecule has 3 aliphatic rings. The second kappa shape index (κ2) is 5.97. The molecule has 3 aliphatic heterocycles. The van der Waals surface area contributed by atoms with E-state index in [0.717, 1.165) is 29.9 Å². The Morgan fingerprint density at radius 3 is 3.00 bits per heavy atom. The molecule has 0 saturated carbocycles. The topological polar surface area (TPSA) is 75.0 Å². The fraction of sp³-hybridized carbons (Fsp3) is 0.389. The summed E-state index contributed by atoms with van der Waals surface area (Å²) in [5.41, 5.74) is 3.06. The van der Waals surface area contributed by atoms with Crippen LogP contribution in [0.3, 0.4) is 0 Å². The van der Waals surface area contributed by atoms with E-state index in [1.54, 1.807) is 24.5 Å². The Labute approximate surface area is 161 Å². The Morgan fingerprint density at radius 2 is 2.22 bits per heavy atom. The number of hydrogen-bond acceptors (Lipinski definition) is 6. The number of amides is 1. The van der Waals surface area contributed by atoms with E-state index < -0.39 is 0 Å². The minimum atomic E-state index is -0.373. The molecular weight excluding hydrogens is 368 g/mol. The van der Waals surface area contributed by atoms with Gasteiger partial charge in [0.05, 0.1) is 34.3 Å². The second-order valence-corrected chi connectivity index (χ2v) is 7.28. The van der Waals surface area contributed by atoms with Crippen LogP contribution < -0.4 is 5.32 Å². The molecule has 8 nitrogen and oxygen atoms in total. The highest BCUT2D eigenvalue weighted by molar-refractivity contribution is 6.34. The molecule has 2 atom stereocenters. The van der Waals surface area contributed by atoms with Gasteiger partial charge in [0.2, 0.25) is 0 Å². The van der Waals surface area contributed by atoms with E-state index in [1.807, 2.05) is 28.6 Å². The van der Waals surface area contributed by atoms with Gasteiger partial charge >= 0.3 is 6.02 Å². The van der Waals surface area contributed by atoms with Crippen molar-refractivity contribution >= 4 is 23.5 Å². The van der Waals surface area contributed by atoms with Crippen LogP contribution in [-0.4, -0.2) is 52.1 Å². The fourth-order valence-electron chi connectivity index (χ4n) is 4.20. The maximum Gasteiger partial charge on any atom is 0.307 e. The highest BCUT2D eigenvalue weighted by Gasteiger charge is 2.42. The lowest BCUT2D eigenvalue weighted by atomic mass is 10.1. The SMILES string of the molecule is CNC1=NC(c2ncn3c2[C@@H]2CCCN2C(=O)c2c(Cl)cccc2-3)N(C)O1. The van der Waals surface area contributed by atoms with Gasteiger partial charge in [0.25, 0.3) is 5.91 Å². The zero-order chi connectivity index (χ0) is 18.7. The molecule has 9 heteroatoms. The number of rotatable bonds is 1. The number of hydroxylamine groups is 2. The summed E-state index contributed by atoms with van der Waals surface area (Å²) in [6.45, 7) is 0.709. The molecule has 27 heavy (non-hydrogen) atoms. The number of nitrogens with zero attached hydrogens (tertiary/aromatic N) is 5. The van der Waals surface area contributed by atoms with Crippen molar-refractivity contribution in [3.63, 3.8) is 0 Å². The third-order valence-corrected chi connectivity index (χ3v) is 5.72. The fourth-order valence-corrected chi connectivity index (χ4v) is 4.45. The van der Waals surface area contributed by atoms with Gasteiger partial charge in [-0.1, -0.05) is 17.7 Å². The van der Waals surface area contributed by atoms with Crippen LogP contribution in [0.2, 0.25) is 5.02 Å². The predicted octanol–water partition coefficient (Wildman–Crippen LogP) is 2.27. The van der Waals surface area contributed by atoms with Gasteiger partial charge in [-0.25, -0.2) is 9.98 Å². The van der Waals surface area contributed by atoms with E-state index in [1.165, 1.54) is 0 Å². The van der Waals surface area contributed by atoms with Gasteiger partial charge in [-0.15, -0.1) is 5.06 Å². The molecule has 1 saturated heterocycles. The quantitative estimate of drug-likeness (QED) is 0.813. The highest BCUT2D eigenvalue weighted by Crippen LogP contribution is 2.43. The van der Waals surface area contributed by atoms with Gasteiger partial charge < -0.3 is 15.1 Å². The van der Waals surface area contributed by atoms with E-state index in [0.29, 0.717) is 23.2 Å². The molecule has 1 aromatic carbocycles. The van der Waals surface area contributed by atoms with E-state index in [9.17, 15) is 4.79 Å². The number of imidazole rings is 1. The van der Waals surface area contributed by atoms with Crippen LogP contribution in [-0.2, 0) is 4.84 Å². The number of carbonyl (C=O) groups is 1. The molecule has 1 amide bonds. The Balaban J connectivity index is 1.74. The molecule has 0 bridgehead atoms. The molecule has 2 aromatic rings. The zero-order valence-corrected chi connectivity index (χ0v) is 15.8. The summed E-state index contributed by atoms with van der Waals surface area (Å²) in [5, 5.41) is 5.05. The summed E-state index contributed by atoms with van der Waals surface area (Å²) in [7, 11) is 3.59. The van der Waals surface area contributed by atoms with Crippen LogP contribution in [0.5, 0.6) is 0 Å². The first-order valence-corrected chi connectivity index (χ1v) is 9.31. The molecule has 4 heterocycles. The summed E-state index contributed by atoms with van der Waals surface area (Å²) in [6.07, 6.45) is 3.22. The molecule has 0 radical (unpaired) electrons. The van der Waals surface area contributed by atoms with Crippen molar-refractivity contribution in [3.8, 4) is 5.69 Å². The maximum atomic E-state index is 13.2. The first-order valence-electron chi connectivity index (χ1n) is 8.93. The van der Waals surface area contributed by atoms with Gasteiger partial charge in [-0.3, -0.25) is 9.36 Å². The van der Waals surface area contributed by atoms with Gasteiger partial charge in [0.1, 0.15) is 5.69 Å². The summed E-state index contributed by atoms with van der Waals surface area (Å²) in [5.74, 6) is -0.0248. The van der Waals surface area contributed by atoms with Crippen molar-refractivity contribution in [2.45, 2.75) is 25.0 Å². The number of halogens is 1. The van der Waals surface area contributed by atoms with Crippen LogP contribution in [0.15, 0.2) is 29.5 Å². The molecular formula is C18H19ClN6O2. The first kappa shape index (κ1) is 16.6. The lowest BCUT2D eigenvalue weighted by Crippen LogP contribution is -2.30. The minimum Gasteiger partial charge on any atom is -0.366 e. The highest BCUT2D eigenvalue weighted by atomic mass is 35.5. The molecule has 0 spiro atoms. The molecule has 1 unspecified atom stereocenters. The number of hydrogen-bond donors (Lipinski definition) is 1. The maximum absolute atomic E-state index is 13.2. The number of carbonyl (C=O) groups excluding carboxylic acids is 1. The lowest BCUT2D eigenvalue weighted by molar-refractivity contribution is -0.0621. The third-order valence-electron chi connectivity index (χ3n) is 5.40. The van der Waals surface area contributed by atoms with E-state index >= 15 is 0 Å². The number of aliphatic imine (C=N–C) groups is 1. The van der Waals surface area contributed by atoms with Gasteiger partial charge in [0.15, 0.2) is 6.17 Å². The Bertz CT molecular complexity index is 971. The van der Waals surface area contributed by atoms with Crippen molar-refractivity contribution in [1.29, 1.82) is 0 Å². The first-order chi connectivity index (χ1) is 13.1. The van der Waals surface area contributed by atoms with Crippen molar-refractivity contribution in [3.05, 3.63) is 46.5 Å². The summed E-state index contributed by atoms with van der Waals surface area (Å²) >= 11 is 6.42. The van der Waals surface area contributed by atoms with E-state index in [4.69, 9.17) is 16.4 Å². The number of aromatic nitrogens is 2. The van der Waals surface area contributed by atoms with Gasteiger partial charge in [-0.05, 0) is 25.0 Å². The number of benzene rings is 1. The average molecular weight is 387 g/mol. The summed E-state index contributed by atoms with van der Waals surface area (Å²) in [4.78, 5) is 30.0. The average Bonchev–Trinajstić information content (AvgIpc) is 3.36. The van der Waals surface area contributed by atoms with Crippen LogP contribution in [0.4, 0.5) is 0 Å². The summed E-state index contributed by atoms with van der Waals surface area (Å²) < 4.78 is 1.99. The van der Waals surface area contributed by atoms with Crippen molar-refractivity contribution in [2.75, 3.05) is 20.6 Å². The molecule has 0 aliphatic carbocycles. The van der Waals surface area contributed by atoms with Gasteiger partial charge in [0, 0.05) is 20.6 Å². The molecule has 5 rings (SSSR count). The normalized spacial score (nSPS) is 24.0. The van der Waals surface area contributed by atoms with E-state index in [-0.39, 0.29) is 18.1 Å². The zero-order valence-electron chi connectivity index (χ0n) is 15.0. The van der Waals surface area contributed by atoms with Crippen molar-refractivity contribution in [1.82, 2.24) is 24.8 Å². The lowest BCUT2D eigenvalue weighted by Gasteiger charge is -2.24. The minimum absolute atomic E-state index is 0.0248. The molecule has 1 fully saturated rings. The third kappa shape index (κ3) is 2.30. The molecule has 1 N–H and O–H groups in total. The second-order valence-electron chi connectivity index (χ2n) is 6.87. The van der Waals surface area contributed by atoms with Crippen molar-refractivity contribution < 1.29 is 9.63 Å². The standard InChI is InChI=1S/C18H19ClN6O2/c1-20-18-22-16(23(2)27-18)14-15-12-7-4-8-24(12)17(26)13-10(19)5-3-6-11(13)25(15)9-21-14/h3,5-6,9,12,16H,4,7-8H2,1-2H3,(H,20,22)/t12-,16?/m0/s1. The van der Waals surface area contributed by atoms with Crippen molar-refractivity contribution in [2.24, 2.45) is 4.99 Å². The predicted molar refractivity (Wildman–Crippen MR) is 99.7 cm³/mol. The Morgan fingerprint density at radius 1 is 1.37 bits per heavy atom. The van der Waals surface area contributed by atoms with Crippen LogP contribution in [0.25, 0.3) is 5.69 Å². The smallest absolute Gasteiger partial charge is 0.307 e.